The zero-order valence-electron chi connectivity index (χ0n) is 10.1. The number of pyridine rings is 1. The van der Waals surface area contributed by atoms with Gasteiger partial charge in [-0.05, 0) is 17.9 Å². The van der Waals surface area contributed by atoms with Gasteiger partial charge in [0.1, 0.15) is 0 Å². The molecule has 82 valence electrons. The number of nitrogens with zero attached hydrogens (tertiary/aromatic N) is 3. The molecule has 0 saturated carbocycles. The molecule has 0 amide bonds. The van der Waals surface area contributed by atoms with Crippen LogP contribution in [0.5, 0.6) is 0 Å². The first kappa shape index (κ1) is 12.2. The lowest BCUT2D eigenvalue weighted by atomic mass is 10.00. The van der Waals surface area contributed by atoms with Gasteiger partial charge in [0.2, 0.25) is 5.69 Å². The molecule has 0 aliphatic carbocycles. The van der Waals surface area contributed by atoms with E-state index in [0.29, 0.717) is 11.3 Å². The topological polar surface area (TPSA) is 41.0 Å². The van der Waals surface area contributed by atoms with E-state index in [9.17, 15) is 0 Å². The van der Waals surface area contributed by atoms with Crippen LogP contribution in [0.1, 0.15) is 56.5 Å². The van der Waals surface area contributed by atoms with Crippen LogP contribution in [0, 0.1) is 17.9 Å². The highest BCUT2D eigenvalue weighted by Crippen LogP contribution is 2.29. The molecular weight excluding hydrogens is 198 g/mol. The zero-order chi connectivity index (χ0) is 12.3. The third-order valence-corrected chi connectivity index (χ3v) is 2.39. The van der Waals surface area contributed by atoms with E-state index in [1.807, 2.05) is 27.7 Å². The first-order chi connectivity index (χ1) is 7.51. The largest absolute Gasteiger partial charge is 0.268 e. The highest BCUT2D eigenvalue weighted by molar-refractivity contribution is 5.56. The van der Waals surface area contributed by atoms with Crippen molar-refractivity contribution in [3.05, 3.63) is 34.4 Å². The molecule has 0 unspecified atom stereocenters. The summed E-state index contributed by atoms with van der Waals surface area (Å²) in [7, 11) is 0. The van der Waals surface area contributed by atoms with Crippen LogP contribution in [0.4, 0.5) is 5.69 Å². The van der Waals surface area contributed by atoms with Gasteiger partial charge in [0.05, 0.1) is 29.6 Å². The Labute approximate surface area is 96.6 Å². The van der Waals surface area contributed by atoms with Gasteiger partial charge in [-0.15, -0.1) is 0 Å². The number of hydrogen-bond donors (Lipinski definition) is 0. The minimum Gasteiger partial charge on any atom is -0.268 e. The van der Waals surface area contributed by atoms with Gasteiger partial charge in [-0.25, -0.2) is 4.85 Å². The number of nitriles is 1. The van der Waals surface area contributed by atoms with Crippen LogP contribution in [0.25, 0.3) is 4.85 Å². The van der Waals surface area contributed by atoms with Crippen LogP contribution >= 0.6 is 0 Å². The second kappa shape index (κ2) is 4.77. The first-order valence-electron chi connectivity index (χ1n) is 5.33. The SMILES string of the molecule is [C-]#[N+]c1cc(C#N)c(C(C)C)nc1C(C)C. The average molecular weight is 213 g/mol. The Bertz CT molecular complexity index is 432. The number of rotatable bonds is 2. The van der Waals surface area contributed by atoms with Gasteiger partial charge in [0, 0.05) is 0 Å². The number of aromatic nitrogens is 1. The molecular formula is C13H15N3. The van der Waals surface area contributed by atoms with E-state index < -0.39 is 0 Å². The van der Waals surface area contributed by atoms with Crippen molar-refractivity contribution in [2.45, 2.75) is 39.5 Å². The van der Waals surface area contributed by atoms with Crippen molar-refractivity contribution in [2.24, 2.45) is 0 Å². The van der Waals surface area contributed by atoms with Crippen LogP contribution in [0.2, 0.25) is 0 Å². The smallest absolute Gasteiger partial charge is 0.209 e. The lowest BCUT2D eigenvalue weighted by molar-refractivity contribution is 0.766. The summed E-state index contributed by atoms with van der Waals surface area (Å²) in [6.45, 7) is 15.1. The molecule has 16 heavy (non-hydrogen) atoms. The van der Waals surface area contributed by atoms with Crippen molar-refractivity contribution in [2.75, 3.05) is 0 Å². The maximum atomic E-state index is 9.02. The first-order valence-corrected chi connectivity index (χ1v) is 5.33. The fourth-order valence-corrected chi connectivity index (χ4v) is 1.58. The zero-order valence-corrected chi connectivity index (χ0v) is 10.1. The van der Waals surface area contributed by atoms with Gasteiger partial charge in [0.25, 0.3) is 0 Å². The third kappa shape index (κ3) is 2.20. The molecule has 1 aromatic heterocycles. The van der Waals surface area contributed by atoms with E-state index in [1.165, 1.54) is 0 Å². The minimum absolute atomic E-state index is 0.201. The Balaban J connectivity index is 3.50. The Hall–Kier alpha value is -1.87. The van der Waals surface area contributed by atoms with Gasteiger partial charge in [-0.2, -0.15) is 5.26 Å². The van der Waals surface area contributed by atoms with E-state index in [2.05, 4.69) is 15.9 Å². The van der Waals surface area contributed by atoms with Crippen LogP contribution in [-0.4, -0.2) is 4.98 Å². The van der Waals surface area contributed by atoms with Crippen molar-refractivity contribution in [1.29, 1.82) is 5.26 Å². The summed E-state index contributed by atoms with van der Waals surface area (Å²) in [5, 5.41) is 9.02. The van der Waals surface area contributed by atoms with Gasteiger partial charge < -0.3 is 0 Å². The van der Waals surface area contributed by atoms with Crippen molar-refractivity contribution in [3.63, 3.8) is 0 Å². The molecule has 3 nitrogen and oxygen atoms in total. The quantitative estimate of drug-likeness (QED) is 0.702. The lowest BCUT2D eigenvalue weighted by Gasteiger charge is -2.13. The molecule has 1 rings (SSSR count). The molecule has 0 saturated heterocycles. The molecule has 0 aliphatic heterocycles. The molecule has 0 fully saturated rings. The van der Waals surface area contributed by atoms with E-state index in [1.54, 1.807) is 6.07 Å². The summed E-state index contributed by atoms with van der Waals surface area (Å²) in [5.41, 5.74) is 2.60. The fourth-order valence-electron chi connectivity index (χ4n) is 1.58. The minimum atomic E-state index is 0.201. The molecule has 0 aromatic carbocycles. The highest BCUT2D eigenvalue weighted by Gasteiger charge is 2.15. The molecule has 0 spiro atoms. The van der Waals surface area contributed by atoms with Crippen molar-refractivity contribution < 1.29 is 0 Å². The molecule has 3 heteroatoms. The molecule has 1 aromatic rings. The Morgan fingerprint density at radius 2 is 1.81 bits per heavy atom. The van der Waals surface area contributed by atoms with Crippen LogP contribution in [-0.2, 0) is 0 Å². The van der Waals surface area contributed by atoms with Crippen molar-refractivity contribution >= 4 is 5.69 Å². The second-order valence-electron chi connectivity index (χ2n) is 4.36. The normalized spacial score (nSPS) is 10.2. The maximum Gasteiger partial charge on any atom is 0.209 e. The van der Waals surface area contributed by atoms with Gasteiger partial charge >= 0.3 is 0 Å². The summed E-state index contributed by atoms with van der Waals surface area (Å²) in [5.74, 6) is 0.404. The summed E-state index contributed by atoms with van der Waals surface area (Å²) in [4.78, 5) is 7.91. The summed E-state index contributed by atoms with van der Waals surface area (Å²) in [6, 6.07) is 3.77. The Kier molecular flexibility index (Phi) is 3.64. The second-order valence-corrected chi connectivity index (χ2v) is 4.36. The molecule has 0 atom stereocenters. The van der Waals surface area contributed by atoms with E-state index in [-0.39, 0.29) is 11.8 Å². The Morgan fingerprint density at radius 3 is 2.19 bits per heavy atom. The van der Waals surface area contributed by atoms with E-state index >= 15 is 0 Å². The van der Waals surface area contributed by atoms with Crippen molar-refractivity contribution in [3.8, 4) is 6.07 Å². The summed E-state index contributed by atoms with van der Waals surface area (Å²) < 4.78 is 0. The number of hydrogen-bond acceptors (Lipinski definition) is 2. The standard InChI is InChI=1S/C13H15N3/c1-8(2)12-10(7-14)6-11(15-5)13(16-12)9(3)4/h6,8-9H,1-4H3. The fraction of sp³-hybridized carbons (Fsp3) is 0.462. The van der Waals surface area contributed by atoms with Crippen LogP contribution < -0.4 is 0 Å². The monoisotopic (exact) mass is 213 g/mol. The van der Waals surface area contributed by atoms with Gasteiger partial charge in [0.15, 0.2) is 0 Å². The average Bonchev–Trinajstić information content (AvgIpc) is 2.26. The van der Waals surface area contributed by atoms with E-state index in [0.717, 1.165) is 11.4 Å². The maximum absolute atomic E-state index is 9.02. The predicted octanol–water partition coefficient (Wildman–Crippen LogP) is 3.75. The van der Waals surface area contributed by atoms with Gasteiger partial charge in [-0.3, -0.25) is 4.98 Å². The van der Waals surface area contributed by atoms with Crippen LogP contribution in [0.3, 0.4) is 0 Å². The Morgan fingerprint density at radius 1 is 1.25 bits per heavy atom. The molecule has 0 aliphatic rings. The highest BCUT2D eigenvalue weighted by atomic mass is 14.8. The van der Waals surface area contributed by atoms with Crippen molar-refractivity contribution in [1.82, 2.24) is 4.98 Å². The third-order valence-electron chi connectivity index (χ3n) is 2.39. The summed E-state index contributed by atoms with van der Waals surface area (Å²) >= 11 is 0. The molecule has 1 heterocycles. The lowest BCUT2D eigenvalue weighted by Crippen LogP contribution is -2.03. The van der Waals surface area contributed by atoms with Gasteiger partial charge in [-0.1, -0.05) is 27.7 Å². The predicted molar refractivity (Wildman–Crippen MR) is 63.4 cm³/mol. The van der Waals surface area contributed by atoms with E-state index in [4.69, 9.17) is 11.8 Å². The molecule has 0 radical (unpaired) electrons. The molecule has 0 bridgehead atoms. The molecule has 0 N–H and O–H groups in total. The van der Waals surface area contributed by atoms with Crippen LogP contribution in [0.15, 0.2) is 6.07 Å². The summed E-state index contributed by atoms with van der Waals surface area (Å²) in [6.07, 6.45) is 0.